The number of hydrogen-bond donors (Lipinski definition) is 1. The highest BCUT2D eigenvalue weighted by Crippen LogP contribution is 2.36. The first-order valence-corrected chi connectivity index (χ1v) is 10.8. The van der Waals surface area contributed by atoms with Crippen LogP contribution in [0.15, 0.2) is 42.5 Å². The summed E-state index contributed by atoms with van der Waals surface area (Å²) in [5.41, 5.74) is 1.62. The minimum atomic E-state index is -0.699. The average Bonchev–Trinajstić information content (AvgIpc) is 2.79. The standard InChI is InChI=1S/C24H26FN3O4/c1-16-24(31)28(15-23(30)27-11-3-2-4-12-27)20-14-19(9-10-21(20)32-16)26-22(29)13-17-5-7-18(25)8-6-17/h5-10,14,16H,2-4,11-13,15H2,1H3,(H,26,29). The molecule has 0 spiro atoms. The normalized spacial score (nSPS) is 18.1. The lowest BCUT2D eigenvalue weighted by molar-refractivity contribution is -0.133. The highest BCUT2D eigenvalue weighted by atomic mass is 19.1. The van der Waals surface area contributed by atoms with Gasteiger partial charge >= 0.3 is 0 Å². The molecule has 2 heterocycles. The number of halogens is 1. The molecule has 3 amide bonds. The Morgan fingerprint density at radius 2 is 1.81 bits per heavy atom. The summed E-state index contributed by atoms with van der Waals surface area (Å²) in [6, 6.07) is 10.8. The molecule has 1 unspecified atom stereocenters. The highest BCUT2D eigenvalue weighted by Gasteiger charge is 2.34. The zero-order valence-corrected chi connectivity index (χ0v) is 18.0. The monoisotopic (exact) mass is 439 g/mol. The number of piperidine rings is 1. The van der Waals surface area contributed by atoms with Crippen molar-refractivity contribution in [2.24, 2.45) is 0 Å². The van der Waals surface area contributed by atoms with E-state index in [9.17, 15) is 18.8 Å². The van der Waals surface area contributed by atoms with E-state index in [0.29, 0.717) is 35.8 Å². The van der Waals surface area contributed by atoms with Crippen molar-refractivity contribution < 1.29 is 23.5 Å². The molecule has 1 fully saturated rings. The van der Waals surface area contributed by atoms with E-state index >= 15 is 0 Å². The number of hydrogen-bond acceptors (Lipinski definition) is 4. The number of fused-ring (bicyclic) bond motifs is 1. The Hall–Kier alpha value is -3.42. The van der Waals surface area contributed by atoms with Crippen molar-refractivity contribution in [1.29, 1.82) is 0 Å². The third-order valence-electron chi connectivity index (χ3n) is 5.73. The molecule has 7 nitrogen and oxygen atoms in total. The SMILES string of the molecule is CC1Oc2ccc(NC(=O)Cc3ccc(F)cc3)cc2N(CC(=O)N2CCCCC2)C1=O. The Morgan fingerprint density at radius 1 is 1.09 bits per heavy atom. The number of likely N-dealkylation sites (tertiary alicyclic amines) is 1. The number of carbonyl (C=O) groups is 3. The van der Waals surface area contributed by atoms with Crippen LogP contribution < -0.4 is 15.0 Å². The van der Waals surface area contributed by atoms with E-state index < -0.39 is 6.10 Å². The van der Waals surface area contributed by atoms with Gasteiger partial charge in [-0.05, 0) is 62.1 Å². The molecular weight excluding hydrogens is 413 g/mol. The molecule has 168 valence electrons. The fourth-order valence-electron chi connectivity index (χ4n) is 4.02. The molecule has 0 saturated carbocycles. The van der Waals surface area contributed by atoms with Gasteiger partial charge < -0.3 is 15.0 Å². The van der Waals surface area contributed by atoms with Crippen LogP contribution in [0, 0.1) is 5.82 Å². The van der Waals surface area contributed by atoms with E-state index in [0.717, 1.165) is 19.3 Å². The summed E-state index contributed by atoms with van der Waals surface area (Å²) in [5.74, 6) is -0.535. The van der Waals surface area contributed by atoms with E-state index in [1.54, 1.807) is 42.2 Å². The highest BCUT2D eigenvalue weighted by molar-refractivity contribution is 6.04. The van der Waals surface area contributed by atoms with E-state index in [1.165, 1.54) is 17.0 Å². The molecule has 1 N–H and O–H groups in total. The summed E-state index contributed by atoms with van der Waals surface area (Å²) < 4.78 is 18.8. The van der Waals surface area contributed by atoms with E-state index in [4.69, 9.17) is 4.74 Å². The van der Waals surface area contributed by atoms with Crippen LogP contribution in [0.3, 0.4) is 0 Å². The van der Waals surface area contributed by atoms with Gasteiger partial charge in [-0.2, -0.15) is 0 Å². The maximum absolute atomic E-state index is 13.1. The lowest BCUT2D eigenvalue weighted by atomic mass is 10.1. The number of nitrogens with zero attached hydrogens (tertiary/aromatic N) is 2. The van der Waals surface area contributed by atoms with Crippen LogP contribution in [-0.2, 0) is 20.8 Å². The Kier molecular flexibility index (Phi) is 6.39. The Bertz CT molecular complexity index is 1020. The largest absolute Gasteiger partial charge is 0.479 e. The maximum atomic E-state index is 13.1. The fraction of sp³-hybridized carbons (Fsp3) is 0.375. The lowest BCUT2D eigenvalue weighted by Gasteiger charge is -2.35. The second-order valence-corrected chi connectivity index (χ2v) is 8.16. The molecule has 2 aromatic carbocycles. The van der Waals surface area contributed by atoms with Crippen molar-refractivity contribution in [2.75, 3.05) is 29.9 Å². The van der Waals surface area contributed by atoms with Gasteiger partial charge in [0, 0.05) is 18.8 Å². The number of benzene rings is 2. The second kappa shape index (κ2) is 9.38. The van der Waals surface area contributed by atoms with Gasteiger partial charge in [0.05, 0.1) is 12.1 Å². The number of ether oxygens (including phenoxy) is 1. The van der Waals surface area contributed by atoms with Gasteiger partial charge in [0.15, 0.2) is 6.10 Å². The summed E-state index contributed by atoms with van der Waals surface area (Å²) in [6.07, 6.45) is 2.44. The average molecular weight is 439 g/mol. The molecular formula is C24H26FN3O4. The summed E-state index contributed by atoms with van der Waals surface area (Å²) >= 11 is 0. The maximum Gasteiger partial charge on any atom is 0.268 e. The van der Waals surface area contributed by atoms with Crippen molar-refractivity contribution in [1.82, 2.24) is 4.90 Å². The topological polar surface area (TPSA) is 79.0 Å². The third kappa shape index (κ3) is 4.90. The van der Waals surface area contributed by atoms with Crippen LogP contribution in [0.4, 0.5) is 15.8 Å². The van der Waals surface area contributed by atoms with Crippen molar-refractivity contribution in [3.8, 4) is 5.75 Å². The van der Waals surface area contributed by atoms with Gasteiger partial charge in [0.1, 0.15) is 18.1 Å². The van der Waals surface area contributed by atoms with E-state index in [-0.39, 0.29) is 36.5 Å². The van der Waals surface area contributed by atoms with E-state index in [1.807, 2.05) is 0 Å². The molecule has 2 aliphatic rings. The van der Waals surface area contributed by atoms with Gasteiger partial charge in [-0.3, -0.25) is 19.3 Å². The van der Waals surface area contributed by atoms with Crippen LogP contribution in [0.2, 0.25) is 0 Å². The molecule has 1 atom stereocenters. The molecule has 2 aromatic rings. The number of carbonyl (C=O) groups excluding carboxylic acids is 3. The van der Waals surface area contributed by atoms with Crippen molar-refractivity contribution in [3.63, 3.8) is 0 Å². The number of anilines is 2. The van der Waals surface area contributed by atoms with Gasteiger partial charge in [0.25, 0.3) is 5.91 Å². The molecule has 4 rings (SSSR count). The molecule has 0 bridgehead atoms. The summed E-state index contributed by atoms with van der Waals surface area (Å²) in [7, 11) is 0. The first-order chi connectivity index (χ1) is 15.4. The lowest BCUT2D eigenvalue weighted by Crippen LogP contribution is -2.50. The van der Waals surface area contributed by atoms with Gasteiger partial charge in [-0.25, -0.2) is 4.39 Å². The van der Waals surface area contributed by atoms with Gasteiger partial charge in [-0.15, -0.1) is 0 Å². The Labute approximate surface area is 186 Å². The van der Waals surface area contributed by atoms with Crippen LogP contribution in [-0.4, -0.2) is 48.4 Å². The Balaban J connectivity index is 1.50. The Morgan fingerprint density at radius 3 is 2.53 bits per heavy atom. The quantitative estimate of drug-likeness (QED) is 0.777. The molecule has 2 aliphatic heterocycles. The minimum Gasteiger partial charge on any atom is -0.479 e. The van der Waals surface area contributed by atoms with Crippen molar-refractivity contribution in [3.05, 3.63) is 53.8 Å². The van der Waals surface area contributed by atoms with E-state index in [2.05, 4.69) is 5.32 Å². The zero-order valence-electron chi connectivity index (χ0n) is 18.0. The third-order valence-corrected chi connectivity index (χ3v) is 5.73. The smallest absolute Gasteiger partial charge is 0.268 e. The van der Waals surface area contributed by atoms with Crippen molar-refractivity contribution >= 4 is 29.1 Å². The zero-order chi connectivity index (χ0) is 22.7. The number of rotatable bonds is 5. The van der Waals surface area contributed by atoms with Crippen LogP contribution in [0.1, 0.15) is 31.7 Å². The molecule has 8 heteroatoms. The number of nitrogens with one attached hydrogen (secondary N) is 1. The summed E-state index contributed by atoms with van der Waals surface area (Å²) in [6.45, 7) is 3.01. The van der Waals surface area contributed by atoms with Gasteiger partial charge in [-0.1, -0.05) is 12.1 Å². The summed E-state index contributed by atoms with van der Waals surface area (Å²) in [5, 5.41) is 2.80. The summed E-state index contributed by atoms with van der Waals surface area (Å²) in [4.78, 5) is 41.3. The van der Waals surface area contributed by atoms with Gasteiger partial charge in [0.2, 0.25) is 11.8 Å². The number of amides is 3. The molecule has 1 saturated heterocycles. The molecule has 0 aliphatic carbocycles. The predicted octanol–water partition coefficient (Wildman–Crippen LogP) is 3.13. The minimum absolute atomic E-state index is 0.0630. The second-order valence-electron chi connectivity index (χ2n) is 8.16. The van der Waals surface area contributed by atoms with Crippen LogP contribution in [0.5, 0.6) is 5.75 Å². The first kappa shape index (κ1) is 21.8. The first-order valence-electron chi connectivity index (χ1n) is 10.8. The van der Waals surface area contributed by atoms with Crippen LogP contribution >= 0.6 is 0 Å². The molecule has 0 aromatic heterocycles. The molecule has 32 heavy (non-hydrogen) atoms. The van der Waals surface area contributed by atoms with Crippen molar-refractivity contribution in [2.45, 2.75) is 38.7 Å². The molecule has 0 radical (unpaired) electrons. The van der Waals surface area contributed by atoms with Crippen LogP contribution in [0.25, 0.3) is 0 Å². The predicted molar refractivity (Wildman–Crippen MR) is 118 cm³/mol. The fourth-order valence-corrected chi connectivity index (χ4v) is 4.02.